The molecule has 1 heterocycles. The predicted octanol–water partition coefficient (Wildman–Crippen LogP) is 4.62. The second-order valence-electron chi connectivity index (χ2n) is 8.11. The average Bonchev–Trinajstić information content (AvgIpc) is 2.61. The molecule has 3 nitrogen and oxygen atoms in total. The highest BCUT2D eigenvalue weighted by Gasteiger charge is 2.50. The largest absolute Gasteiger partial charge is 0.411 e. The highest BCUT2D eigenvalue weighted by molar-refractivity contribution is 5.88. The van der Waals surface area contributed by atoms with Crippen molar-refractivity contribution in [2.24, 2.45) is 16.5 Å². The van der Waals surface area contributed by atoms with Crippen molar-refractivity contribution >= 4 is 5.71 Å². The van der Waals surface area contributed by atoms with Crippen LogP contribution in [0.25, 0.3) is 0 Å². The van der Waals surface area contributed by atoms with Crippen LogP contribution in [0.3, 0.4) is 0 Å². The molecule has 1 aliphatic heterocycles. The van der Waals surface area contributed by atoms with Crippen LogP contribution in [0.4, 0.5) is 0 Å². The summed E-state index contributed by atoms with van der Waals surface area (Å²) in [5, 5.41) is 12.8. The fourth-order valence-electron chi connectivity index (χ4n) is 5.29. The van der Waals surface area contributed by atoms with Crippen LogP contribution in [-0.4, -0.2) is 28.4 Å². The van der Waals surface area contributed by atoms with E-state index in [-0.39, 0.29) is 5.41 Å². The summed E-state index contributed by atoms with van der Waals surface area (Å²) in [5.74, 6) is 0.659. The summed E-state index contributed by atoms with van der Waals surface area (Å²) in [7, 11) is 0. The van der Waals surface area contributed by atoms with Crippen molar-refractivity contribution in [2.45, 2.75) is 58.5 Å². The van der Waals surface area contributed by atoms with E-state index in [0.29, 0.717) is 12.0 Å². The predicted molar refractivity (Wildman–Crippen MR) is 97.2 cm³/mol. The maximum absolute atomic E-state index is 9.22. The number of oxime groups is 1. The second kappa shape index (κ2) is 6.03. The monoisotopic (exact) mass is 324 g/mol. The minimum absolute atomic E-state index is 0.280. The first-order chi connectivity index (χ1) is 11.6. The first kappa shape index (κ1) is 15.9. The van der Waals surface area contributed by atoms with E-state index in [1.807, 2.05) is 0 Å². The summed E-state index contributed by atoms with van der Waals surface area (Å²) in [5.41, 5.74) is 5.94. The molecule has 3 aliphatic rings. The van der Waals surface area contributed by atoms with E-state index in [9.17, 15) is 5.21 Å². The van der Waals surface area contributed by atoms with Gasteiger partial charge in [-0.1, -0.05) is 60.5 Å². The third-order valence-corrected chi connectivity index (χ3v) is 7.01. The quantitative estimate of drug-likeness (QED) is 0.489. The lowest BCUT2D eigenvalue weighted by atomic mass is 9.56. The van der Waals surface area contributed by atoms with Gasteiger partial charge in [-0.25, -0.2) is 0 Å². The lowest BCUT2D eigenvalue weighted by molar-refractivity contribution is 0.00178. The van der Waals surface area contributed by atoms with Crippen molar-refractivity contribution in [2.75, 3.05) is 6.54 Å². The summed E-state index contributed by atoms with van der Waals surface area (Å²) in [4.78, 5) is 2.71. The number of piperidine rings is 1. The molecule has 4 rings (SSSR count). The first-order valence-electron chi connectivity index (χ1n) is 9.31. The molecule has 1 aromatic carbocycles. The molecule has 1 aromatic rings. The van der Waals surface area contributed by atoms with Gasteiger partial charge in [-0.15, -0.1) is 0 Å². The Morgan fingerprint density at radius 1 is 1.25 bits per heavy atom. The van der Waals surface area contributed by atoms with Gasteiger partial charge in [-0.05, 0) is 49.1 Å². The van der Waals surface area contributed by atoms with Crippen LogP contribution in [-0.2, 0) is 6.54 Å². The van der Waals surface area contributed by atoms with E-state index < -0.39 is 0 Å². The van der Waals surface area contributed by atoms with Gasteiger partial charge in [-0.2, -0.15) is 0 Å². The van der Waals surface area contributed by atoms with Crippen LogP contribution in [0.2, 0.25) is 0 Å². The standard InChI is InChI=1S/C21H28N2O/c1-15-20-12-17-8-9-18(22-24)13-19(17)21(15,2)10-11-23(20)14-16-6-4-3-5-7-16/h3-7,15,20,24H,8-14H2,1-2H3/b22-18+/t15-,20+,21+/m1/s1. The van der Waals surface area contributed by atoms with Crippen molar-refractivity contribution in [1.29, 1.82) is 0 Å². The SMILES string of the molecule is C[C@@H]1[C@@H]2CC3=C(C/C(=N/O)CC3)[C@@]1(C)CCN2Cc1ccccc1. The van der Waals surface area contributed by atoms with Crippen LogP contribution in [0, 0.1) is 11.3 Å². The Kier molecular flexibility index (Phi) is 4.00. The number of nitrogens with zero attached hydrogens (tertiary/aromatic N) is 2. The lowest BCUT2D eigenvalue weighted by Gasteiger charge is -2.56. The zero-order valence-corrected chi connectivity index (χ0v) is 14.8. The average molecular weight is 324 g/mol. The molecular weight excluding hydrogens is 296 g/mol. The second-order valence-corrected chi connectivity index (χ2v) is 8.11. The Morgan fingerprint density at radius 3 is 2.79 bits per heavy atom. The van der Waals surface area contributed by atoms with Gasteiger partial charge in [0.05, 0.1) is 5.71 Å². The number of hydrogen-bond donors (Lipinski definition) is 1. The van der Waals surface area contributed by atoms with E-state index in [2.05, 4.69) is 54.2 Å². The topological polar surface area (TPSA) is 35.8 Å². The van der Waals surface area contributed by atoms with Crippen LogP contribution in [0.5, 0.6) is 0 Å². The Hall–Kier alpha value is -1.61. The number of allylic oxidation sites excluding steroid dienone is 1. The maximum Gasteiger partial charge on any atom is 0.0614 e. The molecule has 2 aliphatic carbocycles. The zero-order chi connectivity index (χ0) is 16.7. The molecule has 0 spiro atoms. The van der Waals surface area contributed by atoms with Gasteiger partial charge in [0.25, 0.3) is 0 Å². The van der Waals surface area contributed by atoms with Crippen LogP contribution in [0.1, 0.15) is 51.5 Å². The Balaban J connectivity index is 1.62. The molecule has 2 bridgehead atoms. The minimum atomic E-state index is 0.280. The van der Waals surface area contributed by atoms with E-state index in [0.717, 1.165) is 31.5 Å². The summed E-state index contributed by atoms with van der Waals surface area (Å²) >= 11 is 0. The van der Waals surface area contributed by atoms with Gasteiger partial charge >= 0.3 is 0 Å². The molecule has 1 saturated heterocycles. The van der Waals surface area contributed by atoms with Crippen molar-refractivity contribution in [1.82, 2.24) is 4.90 Å². The van der Waals surface area contributed by atoms with Gasteiger partial charge in [0.15, 0.2) is 0 Å². The number of benzene rings is 1. The summed E-state index contributed by atoms with van der Waals surface area (Å²) in [6, 6.07) is 11.5. The Labute approximate surface area is 145 Å². The van der Waals surface area contributed by atoms with Gasteiger partial charge in [0.1, 0.15) is 0 Å². The van der Waals surface area contributed by atoms with E-state index in [1.165, 1.54) is 24.9 Å². The fraction of sp³-hybridized carbons (Fsp3) is 0.571. The lowest BCUT2D eigenvalue weighted by Crippen LogP contribution is -2.55. The first-order valence-corrected chi connectivity index (χ1v) is 9.31. The van der Waals surface area contributed by atoms with Crippen molar-refractivity contribution < 1.29 is 5.21 Å². The third-order valence-electron chi connectivity index (χ3n) is 7.01. The van der Waals surface area contributed by atoms with Crippen LogP contribution < -0.4 is 0 Å². The molecule has 0 saturated carbocycles. The molecule has 0 amide bonds. The van der Waals surface area contributed by atoms with Crippen molar-refractivity contribution in [3.05, 3.63) is 47.0 Å². The molecule has 3 atom stereocenters. The number of rotatable bonds is 2. The number of likely N-dealkylation sites (tertiary alicyclic amines) is 1. The summed E-state index contributed by atoms with van der Waals surface area (Å²) in [6.45, 7) is 7.13. The molecule has 1 N–H and O–H groups in total. The highest BCUT2D eigenvalue weighted by atomic mass is 16.4. The molecule has 1 fully saturated rings. The maximum atomic E-state index is 9.22. The van der Waals surface area contributed by atoms with Gasteiger partial charge in [-0.3, -0.25) is 4.90 Å². The van der Waals surface area contributed by atoms with Crippen molar-refractivity contribution in [3.8, 4) is 0 Å². The fourth-order valence-corrected chi connectivity index (χ4v) is 5.29. The van der Waals surface area contributed by atoms with Crippen LogP contribution >= 0.6 is 0 Å². The number of fused-ring (bicyclic) bond motifs is 3. The Morgan fingerprint density at radius 2 is 2.04 bits per heavy atom. The third kappa shape index (κ3) is 2.50. The smallest absolute Gasteiger partial charge is 0.0614 e. The summed E-state index contributed by atoms with van der Waals surface area (Å²) in [6.07, 6.45) is 5.35. The highest BCUT2D eigenvalue weighted by Crippen LogP contribution is 2.55. The molecule has 128 valence electrons. The van der Waals surface area contributed by atoms with Crippen molar-refractivity contribution in [3.63, 3.8) is 0 Å². The van der Waals surface area contributed by atoms with E-state index in [4.69, 9.17) is 0 Å². The van der Waals surface area contributed by atoms with Crippen LogP contribution in [0.15, 0.2) is 46.6 Å². The Bertz CT molecular complexity index is 678. The molecule has 24 heavy (non-hydrogen) atoms. The van der Waals surface area contributed by atoms with Gasteiger partial charge < -0.3 is 5.21 Å². The van der Waals surface area contributed by atoms with E-state index >= 15 is 0 Å². The minimum Gasteiger partial charge on any atom is -0.411 e. The molecule has 0 aromatic heterocycles. The molecule has 0 unspecified atom stereocenters. The molecule has 3 heteroatoms. The zero-order valence-electron chi connectivity index (χ0n) is 14.8. The van der Waals surface area contributed by atoms with E-state index in [1.54, 1.807) is 11.1 Å². The summed E-state index contributed by atoms with van der Waals surface area (Å²) < 4.78 is 0. The van der Waals surface area contributed by atoms with Gasteiger partial charge in [0.2, 0.25) is 0 Å². The number of hydrogen-bond acceptors (Lipinski definition) is 3. The van der Waals surface area contributed by atoms with Gasteiger partial charge in [0, 0.05) is 19.0 Å². The molecular formula is C21H28N2O. The normalized spacial score (nSPS) is 35.2. The molecule has 0 radical (unpaired) electrons.